The molecule has 0 amide bonds. The van der Waals surface area contributed by atoms with Gasteiger partial charge in [-0.25, -0.2) is 0 Å². The van der Waals surface area contributed by atoms with Crippen LogP contribution in [0.5, 0.6) is 0 Å². The molecule has 0 fully saturated rings. The predicted octanol–water partition coefficient (Wildman–Crippen LogP) is 3.56. The summed E-state index contributed by atoms with van der Waals surface area (Å²) in [6, 6.07) is 8.01. The summed E-state index contributed by atoms with van der Waals surface area (Å²) < 4.78 is 2.94. The molecule has 19 heavy (non-hydrogen) atoms. The average molecular weight is 323 g/mol. The Morgan fingerprint density at radius 1 is 1.26 bits per heavy atom. The molecule has 0 saturated carbocycles. The van der Waals surface area contributed by atoms with Crippen molar-refractivity contribution in [2.75, 3.05) is 0 Å². The van der Waals surface area contributed by atoms with Crippen LogP contribution in [0, 0.1) is 13.8 Å². The van der Waals surface area contributed by atoms with Gasteiger partial charge in [-0.2, -0.15) is 5.10 Å². The molecule has 102 valence electrons. The average Bonchev–Trinajstić information content (AvgIpc) is 2.67. The summed E-state index contributed by atoms with van der Waals surface area (Å²) in [5.41, 5.74) is 4.16. The van der Waals surface area contributed by atoms with Crippen molar-refractivity contribution >= 4 is 15.9 Å². The zero-order valence-electron chi connectivity index (χ0n) is 11.5. The second kappa shape index (κ2) is 5.88. The Morgan fingerprint density at radius 2 is 1.89 bits per heavy atom. The lowest BCUT2D eigenvalue weighted by Crippen LogP contribution is -2.09. The second-order valence-corrected chi connectivity index (χ2v) is 5.59. The highest BCUT2D eigenvalue weighted by Crippen LogP contribution is 2.26. The van der Waals surface area contributed by atoms with Crippen molar-refractivity contribution < 1.29 is 5.11 Å². The maximum Gasteiger partial charge on any atom is 0.0845 e. The van der Waals surface area contributed by atoms with Crippen LogP contribution in [0.25, 0.3) is 0 Å². The van der Waals surface area contributed by atoms with Crippen LogP contribution in [0.2, 0.25) is 0 Å². The maximum absolute atomic E-state index is 10.4. The van der Waals surface area contributed by atoms with Gasteiger partial charge in [0.25, 0.3) is 0 Å². The fraction of sp³-hybridized carbons (Fsp3) is 0.400. The van der Waals surface area contributed by atoms with Crippen molar-refractivity contribution in [3.05, 3.63) is 51.3 Å². The minimum Gasteiger partial charge on any atom is -0.388 e. The van der Waals surface area contributed by atoms with Gasteiger partial charge in [0, 0.05) is 13.0 Å². The molecule has 4 heteroatoms. The highest BCUT2D eigenvalue weighted by molar-refractivity contribution is 9.10. The van der Waals surface area contributed by atoms with E-state index in [4.69, 9.17) is 0 Å². The lowest BCUT2D eigenvalue weighted by Gasteiger charge is -2.13. The minimum absolute atomic E-state index is 0.502. The molecule has 0 aliphatic heterocycles. The fourth-order valence-corrected chi connectivity index (χ4v) is 2.60. The number of aryl methyl sites for hydroxylation is 3. The van der Waals surface area contributed by atoms with E-state index in [1.54, 1.807) is 0 Å². The van der Waals surface area contributed by atoms with Crippen molar-refractivity contribution in [1.82, 2.24) is 9.78 Å². The highest BCUT2D eigenvalue weighted by Gasteiger charge is 2.17. The summed E-state index contributed by atoms with van der Waals surface area (Å²) in [7, 11) is 0. The Labute approximate surface area is 122 Å². The van der Waals surface area contributed by atoms with E-state index in [9.17, 15) is 5.11 Å². The Morgan fingerprint density at radius 3 is 2.47 bits per heavy atom. The molecule has 3 nitrogen and oxygen atoms in total. The summed E-state index contributed by atoms with van der Waals surface area (Å²) >= 11 is 3.56. The highest BCUT2D eigenvalue weighted by atomic mass is 79.9. The molecule has 0 aliphatic rings. The maximum atomic E-state index is 10.4. The fourth-order valence-electron chi connectivity index (χ4n) is 2.15. The van der Waals surface area contributed by atoms with Gasteiger partial charge in [0.05, 0.1) is 22.0 Å². The van der Waals surface area contributed by atoms with Crippen molar-refractivity contribution in [2.45, 2.75) is 39.8 Å². The summed E-state index contributed by atoms with van der Waals surface area (Å²) in [5, 5.41) is 14.8. The van der Waals surface area contributed by atoms with Crippen LogP contribution in [0.4, 0.5) is 0 Å². The van der Waals surface area contributed by atoms with Crippen LogP contribution in [-0.2, 0) is 13.0 Å². The molecular weight excluding hydrogens is 304 g/mol. The Hall–Kier alpha value is -1.13. The van der Waals surface area contributed by atoms with Crippen molar-refractivity contribution in [3.8, 4) is 0 Å². The quantitative estimate of drug-likeness (QED) is 0.934. The number of hydrogen-bond donors (Lipinski definition) is 1. The van der Waals surface area contributed by atoms with E-state index in [1.165, 1.54) is 5.56 Å². The minimum atomic E-state index is -0.502. The Balaban J connectivity index is 2.23. The second-order valence-electron chi connectivity index (χ2n) is 4.79. The third-order valence-electron chi connectivity index (χ3n) is 3.30. The largest absolute Gasteiger partial charge is 0.388 e. The lowest BCUT2D eigenvalue weighted by molar-refractivity contribution is 0.175. The van der Waals surface area contributed by atoms with E-state index in [-0.39, 0.29) is 0 Å². The van der Waals surface area contributed by atoms with Gasteiger partial charge in [-0.05, 0) is 42.3 Å². The third kappa shape index (κ3) is 3.07. The first-order chi connectivity index (χ1) is 9.02. The standard InChI is InChI=1S/C15H19BrN2O/c1-4-18-13(15(16)11(3)17-18)9-14(19)12-7-5-10(2)6-8-12/h5-8,14,19H,4,9H2,1-3H3. The van der Waals surface area contributed by atoms with Gasteiger partial charge in [0.1, 0.15) is 0 Å². The van der Waals surface area contributed by atoms with E-state index in [0.717, 1.165) is 28.0 Å². The monoisotopic (exact) mass is 322 g/mol. The molecule has 0 radical (unpaired) electrons. The van der Waals surface area contributed by atoms with Crippen LogP contribution in [-0.4, -0.2) is 14.9 Å². The number of aliphatic hydroxyl groups is 1. The normalized spacial score (nSPS) is 12.7. The first-order valence-electron chi connectivity index (χ1n) is 6.49. The molecule has 1 heterocycles. The summed E-state index contributed by atoms with van der Waals surface area (Å²) in [6.45, 7) is 6.88. The Kier molecular flexibility index (Phi) is 4.42. The zero-order chi connectivity index (χ0) is 14.0. The number of hydrogen-bond acceptors (Lipinski definition) is 2. The van der Waals surface area contributed by atoms with E-state index in [0.29, 0.717) is 6.42 Å². The topological polar surface area (TPSA) is 38.0 Å². The molecule has 2 aromatic rings. The van der Waals surface area contributed by atoms with Gasteiger partial charge in [0.2, 0.25) is 0 Å². The van der Waals surface area contributed by atoms with Crippen LogP contribution in [0.15, 0.2) is 28.7 Å². The van der Waals surface area contributed by atoms with Gasteiger partial charge in [-0.1, -0.05) is 29.8 Å². The third-order valence-corrected chi connectivity index (χ3v) is 4.33. The molecule has 1 aromatic carbocycles. The number of rotatable bonds is 4. The molecule has 0 aliphatic carbocycles. The summed E-state index contributed by atoms with van der Waals surface area (Å²) in [6.07, 6.45) is 0.0662. The van der Waals surface area contributed by atoms with Crippen LogP contribution < -0.4 is 0 Å². The number of nitrogens with zero attached hydrogens (tertiary/aromatic N) is 2. The summed E-state index contributed by atoms with van der Waals surface area (Å²) in [5.74, 6) is 0. The van der Waals surface area contributed by atoms with Gasteiger partial charge >= 0.3 is 0 Å². The van der Waals surface area contributed by atoms with Gasteiger partial charge in [-0.15, -0.1) is 0 Å². The molecule has 1 N–H and O–H groups in total. The first-order valence-corrected chi connectivity index (χ1v) is 7.28. The van der Waals surface area contributed by atoms with Crippen LogP contribution in [0.1, 0.15) is 35.5 Å². The van der Waals surface area contributed by atoms with Gasteiger partial charge in [-0.3, -0.25) is 4.68 Å². The first kappa shape index (κ1) is 14.3. The van der Waals surface area contributed by atoms with E-state index >= 15 is 0 Å². The molecule has 1 atom stereocenters. The SMILES string of the molecule is CCn1nc(C)c(Br)c1CC(O)c1ccc(C)cc1. The lowest BCUT2D eigenvalue weighted by atomic mass is 10.0. The Bertz CT molecular complexity index is 560. The number of benzene rings is 1. The molecule has 1 unspecified atom stereocenters. The molecule has 1 aromatic heterocycles. The van der Waals surface area contributed by atoms with E-state index in [1.807, 2.05) is 42.8 Å². The van der Waals surface area contributed by atoms with Crippen molar-refractivity contribution in [3.63, 3.8) is 0 Å². The van der Waals surface area contributed by atoms with Gasteiger partial charge < -0.3 is 5.11 Å². The van der Waals surface area contributed by atoms with Crippen LogP contribution in [0.3, 0.4) is 0 Å². The molecular formula is C15H19BrN2O. The smallest absolute Gasteiger partial charge is 0.0845 e. The zero-order valence-corrected chi connectivity index (χ0v) is 13.1. The van der Waals surface area contributed by atoms with Crippen molar-refractivity contribution in [1.29, 1.82) is 0 Å². The predicted molar refractivity (Wildman–Crippen MR) is 80.2 cm³/mol. The molecule has 0 saturated heterocycles. The molecule has 0 spiro atoms. The van der Waals surface area contributed by atoms with Crippen molar-refractivity contribution in [2.24, 2.45) is 0 Å². The molecule has 2 rings (SSSR count). The van der Waals surface area contributed by atoms with Gasteiger partial charge in [0.15, 0.2) is 0 Å². The molecule has 0 bridgehead atoms. The van der Waals surface area contributed by atoms with Crippen LogP contribution >= 0.6 is 15.9 Å². The summed E-state index contributed by atoms with van der Waals surface area (Å²) in [4.78, 5) is 0. The van der Waals surface area contributed by atoms with E-state index in [2.05, 4.69) is 28.0 Å². The number of aliphatic hydroxyl groups excluding tert-OH is 1. The number of halogens is 1. The van der Waals surface area contributed by atoms with E-state index < -0.39 is 6.10 Å². The number of aromatic nitrogens is 2.